The highest BCUT2D eigenvalue weighted by Crippen LogP contribution is 2.26. The van der Waals surface area contributed by atoms with Gasteiger partial charge in [-0.05, 0) is 23.3 Å². The number of esters is 2. The minimum absolute atomic E-state index is 0.0520. The first-order valence-electron chi connectivity index (χ1n) is 8.72. The molecule has 0 saturated heterocycles. The number of hydrogen-bond donors (Lipinski definition) is 1. The van der Waals surface area contributed by atoms with Gasteiger partial charge in [-0.2, -0.15) is 8.42 Å². The molecular formula is C20H23NO7S. The fraction of sp³-hybridized carbons (Fsp3) is 0.300. The average molecular weight is 421 g/mol. The molecule has 0 aromatic heterocycles. The fourth-order valence-electron chi connectivity index (χ4n) is 2.68. The average Bonchev–Trinajstić information content (AvgIpc) is 2.67. The Morgan fingerprint density at radius 2 is 1.66 bits per heavy atom. The number of benzene rings is 2. The summed E-state index contributed by atoms with van der Waals surface area (Å²) in [5.41, 5.74) is 7.37. The number of ether oxygens (including phenoxy) is 2. The molecule has 2 rings (SSSR count). The third-order valence-corrected chi connectivity index (χ3v) is 4.52. The van der Waals surface area contributed by atoms with Gasteiger partial charge in [0.1, 0.15) is 12.4 Å². The summed E-state index contributed by atoms with van der Waals surface area (Å²) in [6, 6.07) is 14.0. The van der Waals surface area contributed by atoms with Crippen LogP contribution in [0.1, 0.15) is 23.5 Å². The number of carbonyl (C=O) groups excluding carboxylic acids is 2. The van der Waals surface area contributed by atoms with Crippen LogP contribution in [0.15, 0.2) is 54.6 Å². The molecule has 2 aromatic carbocycles. The van der Waals surface area contributed by atoms with Crippen molar-refractivity contribution in [2.24, 2.45) is 5.73 Å². The SMILES string of the molecule is COC(=O)CC(N)C(C(=O)OCc1ccccc1)c1ccc(OS(C)(=O)=O)cc1. The van der Waals surface area contributed by atoms with Crippen molar-refractivity contribution in [3.8, 4) is 5.75 Å². The van der Waals surface area contributed by atoms with Gasteiger partial charge < -0.3 is 19.4 Å². The first-order valence-corrected chi connectivity index (χ1v) is 10.5. The molecule has 0 heterocycles. The van der Waals surface area contributed by atoms with Gasteiger partial charge in [0.25, 0.3) is 0 Å². The molecule has 0 aliphatic heterocycles. The van der Waals surface area contributed by atoms with E-state index in [1.807, 2.05) is 30.3 Å². The highest BCUT2D eigenvalue weighted by molar-refractivity contribution is 7.86. The van der Waals surface area contributed by atoms with Crippen molar-refractivity contribution in [1.29, 1.82) is 0 Å². The molecule has 0 saturated carbocycles. The largest absolute Gasteiger partial charge is 0.469 e. The molecule has 0 fully saturated rings. The van der Waals surface area contributed by atoms with Crippen molar-refractivity contribution in [3.05, 3.63) is 65.7 Å². The van der Waals surface area contributed by atoms with Gasteiger partial charge in [-0.15, -0.1) is 0 Å². The maximum Gasteiger partial charge on any atom is 0.315 e. The van der Waals surface area contributed by atoms with E-state index in [1.54, 1.807) is 0 Å². The summed E-state index contributed by atoms with van der Waals surface area (Å²) >= 11 is 0. The van der Waals surface area contributed by atoms with E-state index in [4.69, 9.17) is 14.7 Å². The molecule has 0 radical (unpaired) electrons. The Kier molecular flexibility index (Phi) is 7.74. The standard InChI is InChI=1S/C20H23NO7S/c1-26-18(22)12-17(21)19(20(23)27-13-14-6-4-3-5-7-14)15-8-10-16(11-9-15)28-29(2,24)25/h3-11,17,19H,12-13,21H2,1-2H3. The number of methoxy groups -OCH3 is 1. The van der Waals surface area contributed by atoms with E-state index >= 15 is 0 Å². The van der Waals surface area contributed by atoms with Crippen molar-refractivity contribution in [2.75, 3.05) is 13.4 Å². The zero-order valence-corrected chi connectivity index (χ0v) is 16.9. The van der Waals surface area contributed by atoms with Crippen LogP contribution in [0, 0.1) is 0 Å². The summed E-state index contributed by atoms with van der Waals surface area (Å²) in [5, 5.41) is 0. The maximum absolute atomic E-state index is 12.8. The topological polar surface area (TPSA) is 122 Å². The smallest absolute Gasteiger partial charge is 0.315 e. The minimum atomic E-state index is -3.68. The van der Waals surface area contributed by atoms with Crippen LogP contribution in [-0.4, -0.2) is 39.8 Å². The van der Waals surface area contributed by atoms with Crippen LogP contribution in [0.25, 0.3) is 0 Å². The van der Waals surface area contributed by atoms with E-state index in [2.05, 4.69) is 4.74 Å². The first-order chi connectivity index (χ1) is 13.7. The van der Waals surface area contributed by atoms with Crippen molar-refractivity contribution in [2.45, 2.75) is 25.0 Å². The molecule has 0 bridgehead atoms. The highest BCUT2D eigenvalue weighted by atomic mass is 32.2. The molecule has 156 valence electrons. The summed E-state index contributed by atoms with van der Waals surface area (Å²) in [6.45, 7) is 0.0520. The lowest BCUT2D eigenvalue weighted by molar-refractivity contribution is -0.148. The molecular weight excluding hydrogens is 398 g/mol. The van der Waals surface area contributed by atoms with Crippen LogP contribution < -0.4 is 9.92 Å². The summed E-state index contributed by atoms with van der Waals surface area (Å²) in [5.74, 6) is -2.03. The quantitative estimate of drug-likeness (QED) is 0.480. The third kappa shape index (κ3) is 7.20. The molecule has 8 nitrogen and oxygen atoms in total. The van der Waals surface area contributed by atoms with Gasteiger partial charge in [0, 0.05) is 6.04 Å². The van der Waals surface area contributed by atoms with Crippen LogP contribution in [0.2, 0.25) is 0 Å². The van der Waals surface area contributed by atoms with Gasteiger partial charge in [-0.1, -0.05) is 42.5 Å². The van der Waals surface area contributed by atoms with Crippen LogP contribution in [0.4, 0.5) is 0 Å². The number of rotatable bonds is 9. The minimum Gasteiger partial charge on any atom is -0.469 e. The number of carbonyl (C=O) groups is 2. The van der Waals surface area contributed by atoms with Crippen molar-refractivity contribution in [3.63, 3.8) is 0 Å². The maximum atomic E-state index is 12.8. The molecule has 2 atom stereocenters. The van der Waals surface area contributed by atoms with E-state index in [9.17, 15) is 18.0 Å². The molecule has 0 aliphatic carbocycles. The van der Waals surface area contributed by atoms with E-state index in [0.717, 1.165) is 11.8 Å². The Balaban J connectivity index is 2.21. The molecule has 29 heavy (non-hydrogen) atoms. The second-order valence-corrected chi connectivity index (χ2v) is 7.95. The number of nitrogens with two attached hydrogens (primary N) is 1. The second-order valence-electron chi connectivity index (χ2n) is 6.37. The van der Waals surface area contributed by atoms with E-state index in [1.165, 1.54) is 31.4 Å². The third-order valence-electron chi connectivity index (χ3n) is 4.02. The fourth-order valence-corrected chi connectivity index (χ4v) is 3.14. The Morgan fingerprint density at radius 1 is 1.03 bits per heavy atom. The molecule has 9 heteroatoms. The van der Waals surface area contributed by atoms with Gasteiger partial charge in [-0.3, -0.25) is 9.59 Å². The Labute approximate surface area is 169 Å². The van der Waals surface area contributed by atoms with Crippen LogP contribution in [0.5, 0.6) is 5.75 Å². The zero-order valence-electron chi connectivity index (χ0n) is 16.1. The van der Waals surface area contributed by atoms with Crippen molar-refractivity contribution < 1.29 is 31.7 Å². The predicted octanol–water partition coefficient (Wildman–Crippen LogP) is 1.74. The van der Waals surface area contributed by atoms with Crippen LogP contribution in [-0.2, 0) is 35.8 Å². The molecule has 0 aliphatic rings. The Bertz CT molecular complexity index is 927. The Morgan fingerprint density at radius 3 is 2.21 bits per heavy atom. The molecule has 2 aromatic rings. The summed E-state index contributed by atoms with van der Waals surface area (Å²) in [4.78, 5) is 24.4. The zero-order chi connectivity index (χ0) is 21.4. The molecule has 0 amide bonds. The van der Waals surface area contributed by atoms with E-state index in [-0.39, 0.29) is 18.8 Å². The van der Waals surface area contributed by atoms with Gasteiger partial charge >= 0.3 is 22.1 Å². The summed E-state index contributed by atoms with van der Waals surface area (Å²) in [7, 11) is -2.45. The molecule has 2 unspecified atom stereocenters. The number of hydrogen-bond acceptors (Lipinski definition) is 8. The van der Waals surface area contributed by atoms with Gasteiger partial charge in [-0.25, -0.2) is 0 Å². The van der Waals surface area contributed by atoms with Crippen LogP contribution >= 0.6 is 0 Å². The summed E-state index contributed by atoms with van der Waals surface area (Å²) in [6.07, 6.45) is 0.736. The van der Waals surface area contributed by atoms with Gasteiger partial charge in [0.2, 0.25) is 0 Å². The lowest BCUT2D eigenvalue weighted by Gasteiger charge is -2.22. The lowest BCUT2D eigenvalue weighted by Crippen LogP contribution is -2.37. The Hall–Kier alpha value is -2.91. The van der Waals surface area contributed by atoms with Crippen molar-refractivity contribution in [1.82, 2.24) is 0 Å². The van der Waals surface area contributed by atoms with Gasteiger partial charge in [0.15, 0.2) is 0 Å². The highest BCUT2D eigenvalue weighted by Gasteiger charge is 2.31. The summed E-state index contributed by atoms with van der Waals surface area (Å²) < 4.78 is 37.3. The van der Waals surface area contributed by atoms with E-state index < -0.39 is 34.0 Å². The predicted molar refractivity (Wildman–Crippen MR) is 106 cm³/mol. The molecule has 2 N–H and O–H groups in total. The monoisotopic (exact) mass is 421 g/mol. The normalized spacial score (nSPS) is 13.2. The van der Waals surface area contributed by atoms with Crippen LogP contribution in [0.3, 0.4) is 0 Å². The van der Waals surface area contributed by atoms with E-state index in [0.29, 0.717) is 5.56 Å². The lowest BCUT2D eigenvalue weighted by atomic mass is 9.90. The first kappa shape index (κ1) is 22.4. The second kappa shape index (κ2) is 10.0. The van der Waals surface area contributed by atoms with Crippen molar-refractivity contribution >= 4 is 22.1 Å². The molecule has 0 spiro atoms. The van der Waals surface area contributed by atoms with Gasteiger partial charge in [0.05, 0.1) is 25.7 Å².